The quantitative estimate of drug-likeness (QED) is 0.560. The molecule has 0 aromatic carbocycles. The molecule has 0 rings (SSSR count). The van der Waals surface area contributed by atoms with Crippen molar-refractivity contribution in [1.82, 2.24) is 0 Å². The third kappa shape index (κ3) is 18.2. The van der Waals surface area contributed by atoms with Crippen LogP contribution in [0.1, 0.15) is 12.8 Å². The molecule has 6 nitrogen and oxygen atoms in total. The van der Waals surface area contributed by atoms with E-state index in [-0.39, 0.29) is 37.7 Å². The smallest absolute Gasteiger partial charge is 0.264 e. The number of unbranched alkanes of at least 4 members (excludes halogenated alkanes) is 1. The molecule has 2 N–H and O–H groups in total. The number of rotatable bonds is 5. The van der Waals surface area contributed by atoms with Gasteiger partial charge in [0.1, 0.15) is 0 Å². The van der Waals surface area contributed by atoms with E-state index in [1.165, 1.54) is 0 Å². The Balaban J connectivity index is -0.000000605. The van der Waals surface area contributed by atoms with E-state index in [4.69, 9.17) is 9.11 Å². The number of hydrogen-bond donors (Lipinski definition) is 2. The van der Waals surface area contributed by atoms with Crippen LogP contribution in [0.2, 0.25) is 0 Å². The van der Waals surface area contributed by atoms with Gasteiger partial charge in [-0.2, -0.15) is 16.8 Å². The van der Waals surface area contributed by atoms with Gasteiger partial charge in [-0.3, -0.25) is 9.11 Å². The highest BCUT2D eigenvalue weighted by atomic mass is 35.5. The van der Waals surface area contributed by atoms with Crippen LogP contribution < -0.4 is 0 Å². The van der Waals surface area contributed by atoms with Crippen molar-refractivity contribution in [2.24, 2.45) is 0 Å². The number of hydrogen-bond acceptors (Lipinski definition) is 4. The van der Waals surface area contributed by atoms with Crippen LogP contribution >= 0.6 is 24.8 Å². The first-order chi connectivity index (χ1) is 5.21. The molecule has 0 unspecified atom stereocenters. The molecule has 0 heterocycles. The average Bonchev–Trinajstić information content (AvgIpc) is 1.76. The van der Waals surface area contributed by atoms with E-state index >= 15 is 0 Å². The summed E-state index contributed by atoms with van der Waals surface area (Å²) in [4.78, 5) is 0. The molecule has 0 bridgehead atoms. The van der Waals surface area contributed by atoms with Crippen LogP contribution in [-0.2, 0) is 20.2 Å². The largest absolute Gasteiger partial charge is 0.286 e. The van der Waals surface area contributed by atoms with Gasteiger partial charge in [-0.25, -0.2) is 0 Å². The Labute approximate surface area is 95.4 Å². The van der Waals surface area contributed by atoms with Crippen molar-refractivity contribution < 1.29 is 25.9 Å². The molecule has 14 heavy (non-hydrogen) atoms. The Morgan fingerprint density at radius 1 is 0.714 bits per heavy atom. The third-order valence-electron chi connectivity index (χ3n) is 1.05. The van der Waals surface area contributed by atoms with Gasteiger partial charge in [0.25, 0.3) is 20.2 Å². The van der Waals surface area contributed by atoms with E-state index < -0.39 is 31.7 Å². The SMILES string of the molecule is Cl.Cl.O=S(=O)(O)CCCCS(=O)(=O)O. The first-order valence-corrected chi connectivity index (χ1v) is 6.33. The zero-order valence-electron chi connectivity index (χ0n) is 6.99. The van der Waals surface area contributed by atoms with Crippen LogP contribution in [0.15, 0.2) is 0 Å². The van der Waals surface area contributed by atoms with Crippen molar-refractivity contribution in [2.75, 3.05) is 11.5 Å². The Morgan fingerprint density at radius 2 is 0.929 bits per heavy atom. The molecule has 10 heteroatoms. The summed E-state index contributed by atoms with van der Waals surface area (Å²) in [5, 5.41) is 0. The molecule has 0 fully saturated rings. The first-order valence-electron chi connectivity index (χ1n) is 3.11. The molecule has 0 radical (unpaired) electrons. The van der Waals surface area contributed by atoms with Crippen molar-refractivity contribution in [1.29, 1.82) is 0 Å². The van der Waals surface area contributed by atoms with Gasteiger partial charge in [-0.15, -0.1) is 24.8 Å². The Morgan fingerprint density at radius 3 is 1.07 bits per heavy atom. The zero-order valence-corrected chi connectivity index (χ0v) is 10.3. The second kappa shape index (κ2) is 7.66. The van der Waals surface area contributed by atoms with Crippen molar-refractivity contribution in [2.45, 2.75) is 12.8 Å². The van der Waals surface area contributed by atoms with E-state index in [0.717, 1.165) is 0 Å². The first kappa shape index (κ1) is 19.9. The van der Waals surface area contributed by atoms with Crippen LogP contribution in [0, 0.1) is 0 Å². The minimum atomic E-state index is -4.02. The fourth-order valence-corrected chi connectivity index (χ4v) is 1.71. The maximum absolute atomic E-state index is 10.1. The fourth-order valence-electron chi connectivity index (χ4n) is 0.569. The highest BCUT2D eigenvalue weighted by molar-refractivity contribution is 7.86. The standard InChI is InChI=1S/C4H10O6S2.2ClH/c5-11(6,7)3-1-2-4-12(8,9)10;;/h1-4H2,(H,5,6,7)(H,8,9,10);2*1H. The van der Waals surface area contributed by atoms with Gasteiger partial charge in [0.05, 0.1) is 11.5 Å². The van der Waals surface area contributed by atoms with E-state index in [0.29, 0.717) is 0 Å². The second-order valence-electron chi connectivity index (χ2n) is 2.28. The summed E-state index contributed by atoms with van der Waals surface area (Å²) < 4.78 is 56.8. The minimum absolute atomic E-state index is 0. The predicted octanol–water partition coefficient (Wildman–Crippen LogP) is 0.386. The lowest BCUT2D eigenvalue weighted by Gasteiger charge is -1.96. The second-order valence-corrected chi connectivity index (χ2v) is 5.42. The molecule has 0 aliphatic heterocycles. The molecule has 0 atom stereocenters. The van der Waals surface area contributed by atoms with Crippen LogP contribution in [0.5, 0.6) is 0 Å². The lowest BCUT2D eigenvalue weighted by Crippen LogP contribution is -2.08. The molecule has 0 saturated carbocycles. The lowest BCUT2D eigenvalue weighted by atomic mass is 10.4. The van der Waals surface area contributed by atoms with Gasteiger partial charge in [0.15, 0.2) is 0 Å². The van der Waals surface area contributed by atoms with Gasteiger partial charge < -0.3 is 0 Å². The summed E-state index contributed by atoms with van der Waals surface area (Å²) in [6, 6.07) is 0. The third-order valence-corrected chi connectivity index (χ3v) is 2.66. The predicted molar refractivity (Wildman–Crippen MR) is 56.6 cm³/mol. The van der Waals surface area contributed by atoms with Crippen LogP contribution in [0.4, 0.5) is 0 Å². The molecule has 0 aromatic rings. The summed E-state index contributed by atoms with van der Waals surface area (Å²) >= 11 is 0. The van der Waals surface area contributed by atoms with Gasteiger partial charge in [0, 0.05) is 0 Å². The lowest BCUT2D eigenvalue weighted by molar-refractivity contribution is 0.473. The molecular formula is C4H12Cl2O6S2. The monoisotopic (exact) mass is 290 g/mol. The van der Waals surface area contributed by atoms with Crippen LogP contribution in [0.25, 0.3) is 0 Å². The molecule has 0 aromatic heterocycles. The van der Waals surface area contributed by atoms with E-state index in [2.05, 4.69) is 0 Å². The molecule has 0 amide bonds. The van der Waals surface area contributed by atoms with Gasteiger partial charge >= 0.3 is 0 Å². The van der Waals surface area contributed by atoms with E-state index in [1.807, 2.05) is 0 Å². The van der Waals surface area contributed by atoms with Crippen molar-refractivity contribution in [3.05, 3.63) is 0 Å². The van der Waals surface area contributed by atoms with Gasteiger partial charge in [0.2, 0.25) is 0 Å². The minimum Gasteiger partial charge on any atom is -0.286 e. The summed E-state index contributed by atoms with van der Waals surface area (Å²) in [5.41, 5.74) is 0. The normalized spacial score (nSPS) is 11.3. The molecule has 90 valence electrons. The molecule has 0 saturated heterocycles. The Hall–Kier alpha value is 0.400. The summed E-state index contributed by atoms with van der Waals surface area (Å²) in [6.07, 6.45) is 0.0250. The Bertz CT molecular complexity index is 286. The summed E-state index contributed by atoms with van der Waals surface area (Å²) in [6.45, 7) is 0. The number of halogens is 2. The highest BCUT2D eigenvalue weighted by Crippen LogP contribution is 1.96. The average molecular weight is 291 g/mol. The van der Waals surface area contributed by atoms with Crippen molar-refractivity contribution in [3.8, 4) is 0 Å². The highest BCUT2D eigenvalue weighted by Gasteiger charge is 2.07. The fraction of sp³-hybridized carbons (Fsp3) is 1.00. The summed E-state index contributed by atoms with van der Waals surface area (Å²) in [7, 11) is -8.04. The molecule has 0 spiro atoms. The Kier molecular flexibility index (Phi) is 10.9. The zero-order chi connectivity index (χ0) is 9.83. The molecule has 0 aliphatic carbocycles. The van der Waals surface area contributed by atoms with Gasteiger partial charge in [-0.1, -0.05) is 0 Å². The van der Waals surface area contributed by atoms with Crippen LogP contribution in [0.3, 0.4) is 0 Å². The molecular weight excluding hydrogens is 279 g/mol. The summed E-state index contributed by atoms with van der Waals surface area (Å²) in [5.74, 6) is -0.967. The maximum Gasteiger partial charge on any atom is 0.264 e. The maximum atomic E-state index is 10.1. The van der Waals surface area contributed by atoms with Crippen molar-refractivity contribution in [3.63, 3.8) is 0 Å². The van der Waals surface area contributed by atoms with Gasteiger partial charge in [-0.05, 0) is 12.8 Å². The van der Waals surface area contributed by atoms with E-state index in [1.54, 1.807) is 0 Å². The molecule has 0 aliphatic rings. The topological polar surface area (TPSA) is 109 Å². The van der Waals surface area contributed by atoms with Crippen LogP contribution in [-0.4, -0.2) is 37.4 Å². The van der Waals surface area contributed by atoms with E-state index in [9.17, 15) is 16.8 Å². The van der Waals surface area contributed by atoms with Crippen molar-refractivity contribution >= 4 is 45.1 Å².